The third-order valence-corrected chi connectivity index (χ3v) is 5.46. The SMILES string of the molecule is CN(C)CCOC(=O)CCCN1C(=O)C(=Cc2cccc(Br)c2)SC1=S.Cl. The van der Waals surface area contributed by atoms with Crippen molar-refractivity contribution in [3.8, 4) is 0 Å². The number of ether oxygens (including phenoxy) is 1. The molecule has 0 atom stereocenters. The van der Waals surface area contributed by atoms with E-state index in [1.807, 2.05) is 49.3 Å². The highest BCUT2D eigenvalue weighted by Crippen LogP contribution is 2.33. The Morgan fingerprint density at radius 1 is 1.41 bits per heavy atom. The van der Waals surface area contributed by atoms with Crippen LogP contribution in [-0.4, -0.2) is 59.8 Å². The third kappa shape index (κ3) is 7.91. The molecule has 2 rings (SSSR count). The predicted molar refractivity (Wildman–Crippen MR) is 120 cm³/mol. The number of likely N-dealkylation sites (N-methyl/N-ethyl adjacent to an activating group) is 1. The second-order valence-corrected chi connectivity index (χ2v) is 8.61. The van der Waals surface area contributed by atoms with Gasteiger partial charge in [-0.25, -0.2) is 0 Å². The number of halogens is 2. The second-order valence-electron chi connectivity index (χ2n) is 6.02. The van der Waals surface area contributed by atoms with Crippen molar-refractivity contribution in [2.24, 2.45) is 0 Å². The summed E-state index contributed by atoms with van der Waals surface area (Å²) in [5, 5.41) is 0. The smallest absolute Gasteiger partial charge is 0.305 e. The summed E-state index contributed by atoms with van der Waals surface area (Å²) in [5.41, 5.74) is 0.935. The largest absolute Gasteiger partial charge is 0.464 e. The fourth-order valence-electron chi connectivity index (χ4n) is 2.24. The van der Waals surface area contributed by atoms with Gasteiger partial charge in [0.25, 0.3) is 5.91 Å². The van der Waals surface area contributed by atoms with E-state index in [0.717, 1.165) is 10.0 Å². The molecular weight excluding hydrogens is 472 g/mol. The Kier molecular flexibility index (Phi) is 10.5. The lowest BCUT2D eigenvalue weighted by atomic mass is 10.2. The highest BCUT2D eigenvalue weighted by atomic mass is 79.9. The Morgan fingerprint density at radius 2 is 2.15 bits per heavy atom. The molecule has 1 aromatic carbocycles. The number of amides is 1. The minimum atomic E-state index is -0.248. The van der Waals surface area contributed by atoms with E-state index >= 15 is 0 Å². The number of thioether (sulfide) groups is 1. The van der Waals surface area contributed by atoms with Gasteiger partial charge in [0.15, 0.2) is 0 Å². The molecule has 0 bridgehead atoms. The summed E-state index contributed by atoms with van der Waals surface area (Å²) in [6.45, 7) is 1.49. The van der Waals surface area contributed by atoms with E-state index < -0.39 is 0 Å². The molecule has 1 aliphatic rings. The van der Waals surface area contributed by atoms with E-state index in [2.05, 4.69) is 15.9 Å². The lowest BCUT2D eigenvalue weighted by Gasteiger charge is -2.14. The molecule has 0 saturated carbocycles. The average Bonchev–Trinajstić information content (AvgIpc) is 2.82. The van der Waals surface area contributed by atoms with Crippen LogP contribution in [0.4, 0.5) is 0 Å². The fraction of sp³-hybridized carbons (Fsp3) is 0.389. The van der Waals surface area contributed by atoms with Crippen LogP contribution in [-0.2, 0) is 14.3 Å². The van der Waals surface area contributed by atoms with E-state index in [1.165, 1.54) is 11.8 Å². The van der Waals surface area contributed by atoms with Gasteiger partial charge in [-0.15, -0.1) is 12.4 Å². The molecule has 0 unspecified atom stereocenters. The van der Waals surface area contributed by atoms with Crippen LogP contribution < -0.4 is 0 Å². The van der Waals surface area contributed by atoms with Crippen molar-refractivity contribution in [2.45, 2.75) is 12.8 Å². The first-order valence-corrected chi connectivity index (χ1v) is 10.2. The lowest BCUT2D eigenvalue weighted by Crippen LogP contribution is -2.29. The number of carbonyl (C=O) groups excluding carboxylic acids is 2. The van der Waals surface area contributed by atoms with Crippen molar-refractivity contribution in [3.05, 3.63) is 39.2 Å². The zero-order chi connectivity index (χ0) is 19.1. The molecule has 1 aliphatic heterocycles. The summed E-state index contributed by atoms with van der Waals surface area (Å²) >= 11 is 10.0. The highest BCUT2D eigenvalue weighted by molar-refractivity contribution is 9.10. The van der Waals surface area contributed by atoms with E-state index in [9.17, 15) is 9.59 Å². The maximum atomic E-state index is 12.5. The maximum absolute atomic E-state index is 12.5. The summed E-state index contributed by atoms with van der Waals surface area (Å²) < 4.78 is 6.62. The number of esters is 1. The van der Waals surface area contributed by atoms with Crippen molar-refractivity contribution in [1.29, 1.82) is 0 Å². The molecule has 9 heteroatoms. The number of carbonyl (C=O) groups is 2. The van der Waals surface area contributed by atoms with Crippen molar-refractivity contribution in [3.63, 3.8) is 0 Å². The Bertz CT molecular complexity index is 728. The molecular formula is C18H22BrClN2O3S2. The Balaban J connectivity index is 0.00000364. The monoisotopic (exact) mass is 492 g/mol. The molecule has 1 aromatic rings. The molecule has 1 fully saturated rings. The molecule has 0 N–H and O–H groups in total. The molecule has 1 saturated heterocycles. The summed E-state index contributed by atoms with van der Waals surface area (Å²) in [6, 6.07) is 7.72. The first-order valence-electron chi connectivity index (χ1n) is 8.18. The minimum absolute atomic E-state index is 0. The summed E-state index contributed by atoms with van der Waals surface area (Å²) in [7, 11) is 3.84. The molecule has 1 amide bonds. The van der Waals surface area contributed by atoms with Gasteiger partial charge in [0.05, 0.1) is 4.91 Å². The van der Waals surface area contributed by atoms with Gasteiger partial charge in [-0.3, -0.25) is 14.5 Å². The Labute approximate surface area is 184 Å². The van der Waals surface area contributed by atoms with Crippen LogP contribution in [0, 0.1) is 0 Å². The molecule has 1 heterocycles. The molecule has 5 nitrogen and oxygen atoms in total. The normalized spacial score (nSPS) is 15.4. The Hall–Kier alpha value is -0.930. The predicted octanol–water partition coefficient (Wildman–Crippen LogP) is 3.96. The number of thiocarbonyl (C=S) groups is 1. The van der Waals surface area contributed by atoms with Crippen LogP contribution >= 0.6 is 52.3 Å². The van der Waals surface area contributed by atoms with E-state index in [-0.39, 0.29) is 30.7 Å². The van der Waals surface area contributed by atoms with Gasteiger partial charge in [-0.05, 0) is 44.3 Å². The molecule has 0 radical (unpaired) electrons. The minimum Gasteiger partial charge on any atom is -0.464 e. The summed E-state index contributed by atoms with van der Waals surface area (Å²) in [6.07, 6.45) is 2.63. The fourth-order valence-corrected chi connectivity index (χ4v) is 3.96. The first-order chi connectivity index (χ1) is 12.4. The topological polar surface area (TPSA) is 49.9 Å². The zero-order valence-corrected chi connectivity index (χ0v) is 19.2. The van der Waals surface area contributed by atoms with Gasteiger partial charge in [0, 0.05) is 24.0 Å². The Morgan fingerprint density at radius 3 is 2.81 bits per heavy atom. The molecule has 27 heavy (non-hydrogen) atoms. The van der Waals surface area contributed by atoms with Crippen molar-refractivity contribution in [2.75, 3.05) is 33.8 Å². The van der Waals surface area contributed by atoms with Crippen LogP contribution in [0.3, 0.4) is 0 Å². The van der Waals surface area contributed by atoms with Gasteiger partial charge in [0.1, 0.15) is 10.9 Å². The number of rotatable bonds is 8. The van der Waals surface area contributed by atoms with Crippen molar-refractivity contribution >= 4 is 74.6 Å². The van der Waals surface area contributed by atoms with Crippen LogP contribution in [0.5, 0.6) is 0 Å². The van der Waals surface area contributed by atoms with E-state index in [4.69, 9.17) is 17.0 Å². The van der Waals surface area contributed by atoms with Crippen LogP contribution in [0.25, 0.3) is 6.08 Å². The van der Waals surface area contributed by atoms with E-state index in [1.54, 1.807) is 4.90 Å². The number of hydrogen-bond acceptors (Lipinski definition) is 6. The van der Waals surface area contributed by atoms with E-state index in [0.29, 0.717) is 35.3 Å². The van der Waals surface area contributed by atoms with Crippen LogP contribution in [0.15, 0.2) is 33.6 Å². The zero-order valence-electron chi connectivity index (χ0n) is 15.1. The highest BCUT2D eigenvalue weighted by Gasteiger charge is 2.31. The number of nitrogens with zero attached hydrogens (tertiary/aromatic N) is 2. The molecule has 0 aromatic heterocycles. The average molecular weight is 494 g/mol. The van der Waals surface area contributed by atoms with Gasteiger partial charge in [0.2, 0.25) is 0 Å². The second kappa shape index (κ2) is 11.8. The third-order valence-electron chi connectivity index (χ3n) is 3.58. The standard InChI is InChI=1S/C18H21BrN2O3S2.ClH/c1-20(2)9-10-24-16(22)7-4-8-21-17(23)15(26-18(21)25)12-13-5-3-6-14(19)11-13;/h3,5-6,11-12H,4,7-10H2,1-2H3;1H. The lowest BCUT2D eigenvalue weighted by molar-refractivity contribution is -0.144. The van der Waals surface area contributed by atoms with Crippen molar-refractivity contribution < 1.29 is 14.3 Å². The summed E-state index contributed by atoms with van der Waals surface area (Å²) in [4.78, 5) is 28.3. The quantitative estimate of drug-likeness (QED) is 0.310. The van der Waals surface area contributed by atoms with Crippen LogP contribution in [0.2, 0.25) is 0 Å². The number of hydrogen-bond donors (Lipinski definition) is 0. The summed E-state index contributed by atoms with van der Waals surface area (Å²) in [5.74, 6) is -0.358. The molecule has 0 aliphatic carbocycles. The van der Waals surface area contributed by atoms with Crippen molar-refractivity contribution in [1.82, 2.24) is 9.80 Å². The first kappa shape index (κ1) is 24.1. The van der Waals surface area contributed by atoms with Gasteiger partial charge in [-0.1, -0.05) is 52.0 Å². The van der Waals surface area contributed by atoms with Gasteiger partial charge in [-0.2, -0.15) is 0 Å². The molecule has 0 spiro atoms. The maximum Gasteiger partial charge on any atom is 0.305 e. The number of benzene rings is 1. The van der Waals surface area contributed by atoms with Gasteiger partial charge < -0.3 is 9.64 Å². The van der Waals surface area contributed by atoms with Crippen LogP contribution in [0.1, 0.15) is 18.4 Å². The molecule has 148 valence electrons. The van der Waals surface area contributed by atoms with Gasteiger partial charge >= 0.3 is 5.97 Å².